The van der Waals surface area contributed by atoms with Gasteiger partial charge in [0, 0.05) is 20.0 Å². The molecule has 14 heteroatoms. The van der Waals surface area contributed by atoms with Crippen LogP contribution < -0.4 is 10.6 Å². The molecule has 2 saturated heterocycles. The number of fused-ring (bicyclic) bond motifs is 2. The van der Waals surface area contributed by atoms with E-state index in [9.17, 15) is 23.1 Å². The maximum absolute atomic E-state index is 13.9. The molecule has 5 rings (SSSR count). The van der Waals surface area contributed by atoms with Crippen molar-refractivity contribution in [2.75, 3.05) is 31.6 Å². The summed E-state index contributed by atoms with van der Waals surface area (Å²) in [5.74, 6) is -0.507. The van der Waals surface area contributed by atoms with E-state index in [1.165, 1.54) is 29.4 Å². The molecule has 2 amide bonds. The number of rotatable bonds is 12. The lowest BCUT2D eigenvalue weighted by Gasteiger charge is -2.31. The van der Waals surface area contributed by atoms with E-state index < -0.39 is 34.4 Å². The Morgan fingerprint density at radius 1 is 1.14 bits per heavy atom. The molecule has 2 aliphatic heterocycles. The summed E-state index contributed by atoms with van der Waals surface area (Å²) < 4.78 is 51.3. The second-order valence-electron chi connectivity index (χ2n) is 11.5. The maximum atomic E-state index is 13.9. The molecule has 44 heavy (non-hydrogen) atoms. The van der Waals surface area contributed by atoms with E-state index in [-0.39, 0.29) is 66.6 Å². The fourth-order valence-corrected chi connectivity index (χ4v) is 7.10. The number of anilines is 1. The van der Waals surface area contributed by atoms with Gasteiger partial charge in [0.25, 0.3) is 0 Å². The van der Waals surface area contributed by atoms with Crippen molar-refractivity contribution in [3.8, 4) is 0 Å². The highest BCUT2D eigenvalue weighted by Gasteiger charge is 2.44. The molecule has 2 aliphatic rings. The number of hydrogen-bond acceptors (Lipinski definition) is 10. The van der Waals surface area contributed by atoms with E-state index in [0.29, 0.717) is 12.2 Å². The number of ether oxygens (including phenoxy) is 3. The smallest absolute Gasteiger partial charge is 0.407 e. The van der Waals surface area contributed by atoms with Crippen LogP contribution in [0.25, 0.3) is 11.1 Å². The quantitative estimate of drug-likeness (QED) is 0.270. The van der Waals surface area contributed by atoms with E-state index in [4.69, 9.17) is 18.6 Å². The number of aliphatic hydroxyl groups is 1. The van der Waals surface area contributed by atoms with Crippen LogP contribution >= 0.6 is 0 Å². The summed E-state index contributed by atoms with van der Waals surface area (Å²) in [5.41, 5.74) is 1.39. The summed E-state index contributed by atoms with van der Waals surface area (Å²) in [7, 11) is -4.13. The van der Waals surface area contributed by atoms with Crippen molar-refractivity contribution in [1.82, 2.24) is 14.6 Å². The van der Waals surface area contributed by atoms with Crippen molar-refractivity contribution >= 4 is 39.1 Å². The van der Waals surface area contributed by atoms with E-state index in [1.807, 2.05) is 44.2 Å². The lowest BCUT2D eigenvalue weighted by Crippen LogP contribution is -2.51. The zero-order valence-electron chi connectivity index (χ0n) is 24.8. The Hall–Kier alpha value is -3.56. The third kappa shape index (κ3) is 7.56. The molecule has 3 heterocycles. The van der Waals surface area contributed by atoms with E-state index in [0.717, 1.165) is 12.0 Å². The minimum atomic E-state index is -4.13. The van der Waals surface area contributed by atoms with Gasteiger partial charge >= 0.3 is 12.1 Å². The number of alkyl carbamates (subject to hydrolysis) is 1. The Morgan fingerprint density at radius 2 is 1.91 bits per heavy atom. The molecule has 3 unspecified atom stereocenters. The largest absolute Gasteiger partial charge is 0.443 e. The number of carbonyl (C=O) groups is 2. The number of aromatic nitrogens is 1. The SMILES string of the molecule is CC(=O)Nc1nc2cc(S(=O)(=O)N(CC(C)C)C[C@@H](O)[C@H](Cc3ccccc3)NC(=O)OC3COC4OCCC34)ccc2o1. The van der Waals surface area contributed by atoms with Crippen LogP contribution in [-0.2, 0) is 35.4 Å². The van der Waals surface area contributed by atoms with Crippen molar-refractivity contribution in [2.45, 2.75) is 63.0 Å². The Kier molecular flexibility index (Phi) is 9.85. The van der Waals surface area contributed by atoms with E-state index >= 15 is 0 Å². The van der Waals surface area contributed by atoms with Gasteiger partial charge in [0.15, 0.2) is 11.9 Å². The van der Waals surface area contributed by atoms with Gasteiger partial charge in [-0.25, -0.2) is 13.2 Å². The maximum Gasteiger partial charge on any atom is 0.407 e. The molecule has 238 valence electrons. The van der Waals surface area contributed by atoms with E-state index in [2.05, 4.69) is 15.6 Å². The summed E-state index contributed by atoms with van der Waals surface area (Å²) in [5, 5.41) is 16.7. The highest BCUT2D eigenvalue weighted by molar-refractivity contribution is 7.89. The molecule has 5 atom stereocenters. The van der Waals surface area contributed by atoms with Crippen LogP contribution in [0.2, 0.25) is 0 Å². The molecular formula is C30H38N4O9S. The van der Waals surface area contributed by atoms with Gasteiger partial charge in [-0.3, -0.25) is 10.1 Å². The number of carbonyl (C=O) groups excluding carboxylic acids is 2. The first-order valence-corrected chi connectivity index (χ1v) is 16.0. The number of sulfonamides is 1. The predicted molar refractivity (Wildman–Crippen MR) is 159 cm³/mol. The molecule has 3 N–H and O–H groups in total. The number of amides is 2. The van der Waals surface area contributed by atoms with Gasteiger partial charge in [-0.15, -0.1) is 0 Å². The van der Waals surface area contributed by atoms with Crippen LogP contribution in [-0.4, -0.2) is 85.7 Å². The summed E-state index contributed by atoms with van der Waals surface area (Å²) in [4.78, 5) is 28.6. The fourth-order valence-electron chi connectivity index (χ4n) is 5.46. The van der Waals surface area contributed by atoms with Gasteiger partial charge in [0.1, 0.15) is 11.6 Å². The first-order chi connectivity index (χ1) is 21.0. The van der Waals surface area contributed by atoms with Gasteiger partial charge in [0.05, 0.1) is 36.2 Å². The van der Waals surface area contributed by atoms with Crippen LogP contribution in [0.5, 0.6) is 0 Å². The predicted octanol–water partition coefficient (Wildman–Crippen LogP) is 2.89. The van der Waals surface area contributed by atoms with Crippen molar-refractivity contribution in [3.63, 3.8) is 0 Å². The van der Waals surface area contributed by atoms with Crippen molar-refractivity contribution in [3.05, 3.63) is 54.1 Å². The number of benzene rings is 2. The van der Waals surface area contributed by atoms with Gasteiger partial charge < -0.3 is 29.1 Å². The second-order valence-corrected chi connectivity index (χ2v) is 13.5. The Labute approximate surface area is 255 Å². The van der Waals surface area contributed by atoms with Crippen LogP contribution in [0.3, 0.4) is 0 Å². The van der Waals surface area contributed by atoms with Crippen LogP contribution in [0.1, 0.15) is 32.8 Å². The van der Waals surface area contributed by atoms with Gasteiger partial charge in [-0.2, -0.15) is 9.29 Å². The average Bonchev–Trinajstić information content (AvgIpc) is 3.69. The van der Waals surface area contributed by atoms with Gasteiger partial charge in [-0.05, 0) is 42.5 Å². The molecule has 3 aromatic rings. The van der Waals surface area contributed by atoms with Crippen LogP contribution in [0, 0.1) is 11.8 Å². The molecular weight excluding hydrogens is 592 g/mol. The molecule has 2 fully saturated rings. The van der Waals surface area contributed by atoms with Crippen molar-refractivity contribution in [2.24, 2.45) is 11.8 Å². The molecule has 0 spiro atoms. The van der Waals surface area contributed by atoms with Gasteiger partial charge in [0.2, 0.25) is 15.9 Å². The number of oxazole rings is 1. The summed E-state index contributed by atoms with van der Waals surface area (Å²) in [6.45, 7) is 5.62. The Balaban J connectivity index is 1.35. The molecule has 0 radical (unpaired) electrons. The van der Waals surface area contributed by atoms with Crippen LogP contribution in [0.4, 0.5) is 10.8 Å². The zero-order chi connectivity index (χ0) is 31.4. The minimum absolute atomic E-state index is 0.0432. The standard InChI is InChI=1S/C30H38N4O9S/c1-18(2)15-34(44(38,39)21-9-10-26-24(14-21)32-29(42-26)31-19(3)35)16-25(36)23(13-20-7-5-4-6-8-20)33-30(37)43-27-17-41-28-22(27)11-12-40-28/h4-10,14,18,22-23,25,27-28,36H,11-13,15-17H2,1-3H3,(H,33,37)(H,31,32,35)/t22?,23-,25+,27?,28?/m0/s1. The first kappa shape index (κ1) is 31.9. The average molecular weight is 631 g/mol. The normalized spacial score (nSPS) is 21.4. The highest BCUT2D eigenvalue weighted by Crippen LogP contribution is 2.33. The molecule has 1 aromatic heterocycles. The van der Waals surface area contributed by atoms with E-state index in [1.54, 1.807) is 0 Å². The van der Waals surface area contributed by atoms with Crippen LogP contribution in [0.15, 0.2) is 57.8 Å². The number of nitrogens with one attached hydrogen (secondary N) is 2. The fraction of sp³-hybridized carbons (Fsp3) is 0.500. The van der Waals surface area contributed by atoms with Crippen molar-refractivity contribution in [1.29, 1.82) is 0 Å². The summed E-state index contributed by atoms with van der Waals surface area (Å²) in [6.07, 6.45) is -1.93. The Morgan fingerprint density at radius 3 is 2.64 bits per heavy atom. The monoisotopic (exact) mass is 630 g/mol. The van der Waals surface area contributed by atoms with Crippen molar-refractivity contribution < 1.29 is 41.7 Å². The lowest BCUT2D eigenvalue weighted by molar-refractivity contribution is -0.114. The summed E-state index contributed by atoms with van der Waals surface area (Å²) >= 11 is 0. The third-order valence-electron chi connectivity index (χ3n) is 7.55. The molecule has 13 nitrogen and oxygen atoms in total. The molecule has 0 saturated carbocycles. The number of aliphatic hydroxyl groups excluding tert-OH is 1. The number of hydrogen-bond donors (Lipinski definition) is 3. The summed E-state index contributed by atoms with van der Waals surface area (Å²) in [6, 6.07) is 12.6. The second kappa shape index (κ2) is 13.6. The first-order valence-electron chi connectivity index (χ1n) is 14.6. The molecule has 0 aliphatic carbocycles. The number of nitrogens with zero attached hydrogens (tertiary/aromatic N) is 2. The highest BCUT2D eigenvalue weighted by atomic mass is 32.2. The zero-order valence-corrected chi connectivity index (χ0v) is 25.7. The van der Waals surface area contributed by atoms with Gasteiger partial charge in [-0.1, -0.05) is 44.2 Å². The lowest BCUT2D eigenvalue weighted by atomic mass is 10.0. The molecule has 2 aromatic carbocycles. The minimum Gasteiger partial charge on any atom is -0.443 e. The topological polar surface area (TPSA) is 170 Å². The Bertz CT molecular complexity index is 1560. The molecule has 0 bridgehead atoms. The third-order valence-corrected chi connectivity index (χ3v) is 9.38.